The Morgan fingerprint density at radius 1 is 1.08 bits per heavy atom. The predicted molar refractivity (Wildman–Crippen MR) is 98.4 cm³/mol. The van der Waals surface area contributed by atoms with Crippen molar-refractivity contribution in [1.29, 1.82) is 0 Å². The van der Waals surface area contributed by atoms with E-state index in [1.165, 1.54) is 20.4 Å². The molecule has 1 amide bonds. The van der Waals surface area contributed by atoms with Crippen LogP contribution in [0.25, 0.3) is 0 Å². The molecule has 2 rings (SSSR count). The van der Waals surface area contributed by atoms with E-state index in [4.69, 9.17) is 14.2 Å². The zero-order valence-corrected chi connectivity index (χ0v) is 15.2. The van der Waals surface area contributed by atoms with Gasteiger partial charge in [0, 0.05) is 5.56 Å². The Balaban J connectivity index is 1.94. The molecule has 2 aromatic rings. The number of hydrazone groups is 1. The van der Waals surface area contributed by atoms with Crippen LogP contribution in [0.3, 0.4) is 0 Å². The van der Waals surface area contributed by atoms with Gasteiger partial charge >= 0.3 is 0 Å². The molecule has 0 atom stereocenters. The number of amides is 1. The van der Waals surface area contributed by atoms with Gasteiger partial charge in [0.2, 0.25) is 5.75 Å². The first-order valence-electron chi connectivity index (χ1n) is 7.91. The number of hydrogen-bond acceptors (Lipinski definition) is 6. The monoisotopic (exact) mass is 358 g/mol. The molecule has 0 saturated carbocycles. The summed E-state index contributed by atoms with van der Waals surface area (Å²) in [4.78, 5) is 11.8. The summed E-state index contributed by atoms with van der Waals surface area (Å²) < 4.78 is 15.6. The maximum absolute atomic E-state index is 11.8. The number of hydrogen-bond donors (Lipinski definition) is 2. The molecule has 138 valence electrons. The van der Waals surface area contributed by atoms with Crippen molar-refractivity contribution in [3.8, 4) is 23.0 Å². The van der Waals surface area contributed by atoms with Gasteiger partial charge in [0.25, 0.3) is 5.91 Å². The van der Waals surface area contributed by atoms with E-state index >= 15 is 0 Å². The quantitative estimate of drug-likeness (QED) is 0.586. The highest BCUT2D eigenvalue weighted by atomic mass is 16.5. The maximum atomic E-state index is 11.8. The first-order chi connectivity index (χ1) is 12.4. The molecular weight excluding hydrogens is 336 g/mol. The fourth-order valence-corrected chi connectivity index (χ4v) is 2.36. The van der Waals surface area contributed by atoms with E-state index < -0.39 is 5.91 Å². The second-order valence-electron chi connectivity index (χ2n) is 5.68. The number of carbonyl (C=O) groups excluding carboxylic acids is 1. The summed E-state index contributed by atoms with van der Waals surface area (Å²) in [5.41, 5.74) is 5.10. The molecule has 0 radical (unpaired) electrons. The summed E-state index contributed by atoms with van der Waals surface area (Å²) in [6, 6.07) is 8.88. The minimum atomic E-state index is -0.391. The van der Waals surface area contributed by atoms with Crippen molar-refractivity contribution in [3.05, 3.63) is 47.0 Å². The van der Waals surface area contributed by atoms with Crippen molar-refractivity contribution in [2.24, 2.45) is 5.10 Å². The van der Waals surface area contributed by atoms with Crippen molar-refractivity contribution >= 4 is 12.1 Å². The fraction of sp³-hybridized carbons (Fsp3) is 0.263. The van der Waals surface area contributed by atoms with Gasteiger partial charge in [-0.15, -0.1) is 0 Å². The minimum Gasteiger partial charge on any atom is -0.502 e. The van der Waals surface area contributed by atoms with Gasteiger partial charge in [0.15, 0.2) is 18.1 Å². The number of phenolic OH excluding ortho intramolecular Hbond substituents is 1. The van der Waals surface area contributed by atoms with E-state index in [-0.39, 0.29) is 23.9 Å². The van der Waals surface area contributed by atoms with E-state index in [2.05, 4.69) is 10.5 Å². The highest BCUT2D eigenvalue weighted by molar-refractivity contribution is 5.84. The van der Waals surface area contributed by atoms with E-state index in [0.717, 1.165) is 11.1 Å². The van der Waals surface area contributed by atoms with E-state index in [1.54, 1.807) is 12.1 Å². The molecule has 0 fully saturated rings. The van der Waals surface area contributed by atoms with Crippen LogP contribution in [0.4, 0.5) is 0 Å². The summed E-state index contributed by atoms with van der Waals surface area (Å²) in [6.07, 6.45) is 1.42. The zero-order chi connectivity index (χ0) is 19.1. The Labute approximate surface area is 152 Å². The lowest BCUT2D eigenvalue weighted by atomic mass is 10.1. The van der Waals surface area contributed by atoms with Gasteiger partial charge in [-0.3, -0.25) is 4.79 Å². The van der Waals surface area contributed by atoms with Gasteiger partial charge in [-0.05, 0) is 49.2 Å². The van der Waals surface area contributed by atoms with Gasteiger partial charge in [-0.25, -0.2) is 5.43 Å². The third-order valence-electron chi connectivity index (χ3n) is 3.47. The lowest BCUT2D eigenvalue weighted by Gasteiger charge is -2.09. The van der Waals surface area contributed by atoms with Crippen molar-refractivity contribution in [1.82, 2.24) is 5.43 Å². The maximum Gasteiger partial charge on any atom is 0.277 e. The van der Waals surface area contributed by atoms with Crippen LogP contribution in [0.1, 0.15) is 16.7 Å². The second kappa shape index (κ2) is 8.75. The number of aromatic hydroxyl groups is 1. The molecule has 0 heterocycles. The normalized spacial score (nSPS) is 10.6. The van der Waals surface area contributed by atoms with Crippen molar-refractivity contribution in [2.75, 3.05) is 20.8 Å². The largest absolute Gasteiger partial charge is 0.502 e. The molecule has 0 saturated heterocycles. The molecule has 0 aliphatic rings. The Morgan fingerprint density at radius 2 is 1.65 bits per heavy atom. The molecule has 0 aromatic heterocycles. The van der Waals surface area contributed by atoms with Crippen molar-refractivity contribution in [2.45, 2.75) is 13.8 Å². The summed E-state index contributed by atoms with van der Waals surface area (Å²) in [7, 11) is 2.86. The Kier molecular flexibility index (Phi) is 6.43. The topological polar surface area (TPSA) is 89.4 Å². The fourth-order valence-electron chi connectivity index (χ4n) is 2.36. The Hall–Kier alpha value is -3.22. The Bertz CT molecular complexity index is 772. The van der Waals surface area contributed by atoms with E-state index in [9.17, 15) is 9.90 Å². The number of phenols is 1. The highest BCUT2D eigenvalue weighted by Gasteiger charge is 2.10. The first-order valence-corrected chi connectivity index (χ1v) is 7.91. The minimum absolute atomic E-state index is 0.0990. The number of nitrogens with zero attached hydrogens (tertiary/aromatic N) is 1. The lowest BCUT2D eigenvalue weighted by Crippen LogP contribution is -2.24. The number of benzene rings is 2. The van der Waals surface area contributed by atoms with Crippen molar-refractivity contribution in [3.63, 3.8) is 0 Å². The predicted octanol–water partition coefficient (Wildman–Crippen LogP) is 2.56. The van der Waals surface area contributed by atoms with Gasteiger partial charge in [-0.1, -0.05) is 6.07 Å². The van der Waals surface area contributed by atoms with Gasteiger partial charge in [-0.2, -0.15) is 5.10 Å². The molecule has 26 heavy (non-hydrogen) atoms. The number of methoxy groups -OCH3 is 2. The molecule has 7 heteroatoms. The van der Waals surface area contributed by atoms with Crippen LogP contribution in [0.15, 0.2) is 35.4 Å². The third kappa shape index (κ3) is 5.14. The van der Waals surface area contributed by atoms with E-state index in [0.29, 0.717) is 11.3 Å². The molecule has 7 nitrogen and oxygen atoms in total. The average molecular weight is 358 g/mol. The smallest absolute Gasteiger partial charge is 0.277 e. The van der Waals surface area contributed by atoms with Crippen LogP contribution in [-0.4, -0.2) is 38.1 Å². The number of aryl methyl sites for hydroxylation is 2. The molecule has 0 unspecified atom stereocenters. The zero-order valence-electron chi connectivity index (χ0n) is 15.2. The van der Waals surface area contributed by atoms with Gasteiger partial charge in [0.1, 0.15) is 5.75 Å². The highest BCUT2D eigenvalue weighted by Crippen LogP contribution is 2.36. The van der Waals surface area contributed by atoms with Crippen LogP contribution in [-0.2, 0) is 4.79 Å². The summed E-state index contributed by atoms with van der Waals surface area (Å²) >= 11 is 0. The van der Waals surface area contributed by atoms with Crippen molar-refractivity contribution < 1.29 is 24.1 Å². The average Bonchev–Trinajstić information content (AvgIpc) is 2.60. The summed E-state index contributed by atoms with van der Waals surface area (Å²) in [6.45, 7) is 3.78. The molecule has 0 aliphatic heterocycles. The molecule has 2 aromatic carbocycles. The third-order valence-corrected chi connectivity index (χ3v) is 3.47. The second-order valence-corrected chi connectivity index (χ2v) is 5.68. The molecule has 0 spiro atoms. The number of carbonyl (C=O) groups is 1. The van der Waals surface area contributed by atoms with Gasteiger partial charge < -0.3 is 19.3 Å². The summed E-state index contributed by atoms with van der Waals surface area (Å²) in [5, 5.41) is 13.7. The van der Waals surface area contributed by atoms with Crippen LogP contribution in [0.5, 0.6) is 23.0 Å². The Morgan fingerprint density at radius 3 is 2.19 bits per heavy atom. The molecule has 2 N–H and O–H groups in total. The number of nitrogens with one attached hydrogen (secondary N) is 1. The van der Waals surface area contributed by atoms with Gasteiger partial charge in [0.05, 0.1) is 20.4 Å². The molecular formula is C19H22N2O5. The van der Waals surface area contributed by atoms with Crippen LogP contribution < -0.4 is 19.6 Å². The van der Waals surface area contributed by atoms with Crippen LogP contribution in [0, 0.1) is 13.8 Å². The molecule has 0 bridgehead atoms. The molecule has 0 aliphatic carbocycles. The SMILES string of the molecule is COc1cc(C=NNC(=O)COc2cc(C)cc(C)c2)cc(OC)c1O. The standard InChI is InChI=1S/C19H22N2O5/c1-12-5-13(2)7-15(6-12)26-11-18(22)21-20-10-14-8-16(24-3)19(23)17(9-14)25-4/h5-10,23H,11H2,1-4H3,(H,21,22). The number of ether oxygens (including phenoxy) is 3. The lowest BCUT2D eigenvalue weighted by molar-refractivity contribution is -0.123. The van der Waals surface area contributed by atoms with Crippen LogP contribution >= 0.6 is 0 Å². The summed E-state index contributed by atoms with van der Waals surface area (Å²) in [5.74, 6) is 0.636. The van der Waals surface area contributed by atoms with Crippen LogP contribution in [0.2, 0.25) is 0 Å². The number of rotatable bonds is 7. The first kappa shape index (κ1) is 19.1. The van der Waals surface area contributed by atoms with E-state index in [1.807, 2.05) is 32.0 Å².